The SMILES string of the molecule is Nc1oc2ccncc2c1-c1ccc2c(c1)CCN2C(=O)Cc1cc(F)cc(Cl)c1. The molecule has 30 heavy (non-hydrogen) atoms. The molecule has 0 saturated heterocycles. The molecule has 0 aliphatic carbocycles. The highest BCUT2D eigenvalue weighted by atomic mass is 35.5. The molecule has 1 amide bonds. The van der Waals surface area contributed by atoms with Gasteiger partial charge >= 0.3 is 0 Å². The van der Waals surface area contributed by atoms with Crippen molar-refractivity contribution in [3.05, 3.63) is 76.8 Å². The van der Waals surface area contributed by atoms with Gasteiger partial charge in [-0.15, -0.1) is 0 Å². The zero-order valence-electron chi connectivity index (χ0n) is 15.9. The smallest absolute Gasteiger partial charge is 0.231 e. The zero-order valence-corrected chi connectivity index (χ0v) is 16.6. The molecule has 7 heteroatoms. The van der Waals surface area contributed by atoms with Crippen LogP contribution in [0.25, 0.3) is 22.1 Å². The number of halogens is 2. The topological polar surface area (TPSA) is 72.4 Å². The average Bonchev–Trinajstić information content (AvgIpc) is 3.26. The molecule has 4 aromatic rings. The number of furan rings is 1. The highest BCUT2D eigenvalue weighted by Crippen LogP contribution is 2.39. The molecule has 1 aliphatic rings. The molecule has 0 fully saturated rings. The Balaban J connectivity index is 1.45. The first-order valence-corrected chi connectivity index (χ1v) is 9.88. The number of aromatic nitrogens is 1. The molecular formula is C23H17ClFN3O2. The number of benzene rings is 2. The minimum atomic E-state index is -0.448. The predicted molar refractivity (Wildman–Crippen MR) is 115 cm³/mol. The summed E-state index contributed by atoms with van der Waals surface area (Å²) in [6.07, 6.45) is 4.21. The third-order valence-corrected chi connectivity index (χ3v) is 5.58. The molecule has 2 N–H and O–H groups in total. The number of carbonyl (C=O) groups is 1. The van der Waals surface area contributed by atoms with Crippen LogP contribution in [-0.4, -0.2) is 17.4 Å². The molecule has 0 radical (unpaired) electrons. The number of amides is 1. The Bertz CT molecular complexity index is 1280. The van der Waals surface area contributed by atoms with Gasteiger partial charge in [-0.25, -0.2) is 4.39 Å². The molecule has 150 valence electrons. The fraction of sp³-hybridized carbons (Fsp3) is 0.130. The first-order valence-electron chi connectivity index (χ1n) is 9.50. The molecule has 0 saturated carbocycles. The summed E-state index contributed by atoms with van der Waals surface area (Å²) >= 11 is 5.91. The van der Waals surface area contributed by atoms with Gasteiger partial charge in [-0.3, -0.25) is 9.78 Å². The molecule has 0 bridgehead atoms. The van der Waals surface area contributed by atoms with E-state index in [-0.39, 0.29) is 17.4 Å². The number of fused-ring (bicyclic) bond motifs is 2. The van der Waals surface area contributed by atoms with Crippen molar-refractivity contribution in [3.8, 4) is 11.1 Å². The number of nitrogens with zero attached hydrogens (tertiary/aromatic N) is 2. The van der Waals surface area contributed by atoms with Crippen LogP contribution in [0.15, 0.2) is 59.3 Å². The van der Waals surface area contributed by atoms with Crippen LogP contribution < -0.4 is 10.6 Å². The quantitative estimate of drug-likeness (QED) is 0.505. The van der Waals surface area contributed by atoms with Gasteiger partial charge in [0.25, 0.3) is 0 Å². The lowest BCUT2D eigenvalue weighted by Gasteiger charge is -2.18. The van der Waals surface area contributed by atoms with Crippen molar-refractivity contribution in [3.63, 3.8) is 0 Å². The fourth-order valence-electron chi connectivity index (χ4n) is 4.06. The fourth-order valence-corrected chi connectivity index (χ4v) is 4.30. The van der Waals surface area contributed by atoms with Crippen LogP contribution in [0.1, 0.15) is 11.1 Å². The largest absolute Gasteiger partial charge is 0.440 e. The second-order valence-electron chi connectivity index (χ2n) is 7.31. The maximum atomic E-state index is 13.6. The standard InChI is InChI=1S/C23H17ClFN3O2/c24-16-7-13(8-17(25)11-16)9-21(29)28-6-4-14-10-15(1-2-19(14)28)22-18-12-27-5-3-20(18)30-23(22)26/h1-3,5,7-8,10-12H,4,6,9,26H2. The lowest BCUT2D eigenvalue weighted by atomic mass is 10.0. The molecule has 5 nitrogen and oxygen atoms in total. The van der Waals surface area contributed by atoms with Gasteiger partial charge in [-0.05, 0) is 59.5 Å². The van der Waals surface area contributed by atoms with Gasteiger partial charge in [-0.1, -0.05) is 17.7 Å². The first-order chi connectivity index (χ1) is 14.5. The van der Waals surface area contributed by atoms with Gasteiger partial charge in [-0.2, -0.15) is 0 Å². The molecule has 0 spiro atoms. The van der Waals surface area contributed by atoms with E-state index >= 15 is 0 Å². The van der Waals surface area contributed by atoms with Gasteiger partial charge in [0, 0.05) is 35.0 Å². The van der Waals surface area contributed by atoms with Crippen LogP contribution in [-0.2, 0) is 17.6 Å². The van der Waals surface area contributed by atoms with E-state index in [1.165, 1.54) is 12.1 Å². The third-order valence-electron chi connectivity index (χ3n) is 5.36. The lowest BCUT2D eigenvalue weighted by Crippen LogP contribution is -2.30. The minimum absolute atomic E-state index is 0.0870. The van der Waals surface area contributed by atoms with Crippen molar-refractivity contribution in [1.82, 2.24) is 4.98 Å². The summed E-state index contributed by atoms with van der Waals surface area (Å²) in [5, 5.41) is 1.13. The summed E-state index contributed by atoms with van der Waals surface area (Å²) in [5.41, 5.74) is 11.0. The zero-order chi connectivity index (χ0) is 20.8. The summed E-state index contributed by atoms with van der Waals surface area (Å²) < 4.78 is 19.2. The maximum Gasteiger partial charge on any atom is 0.231 e. The van der Waals surface area contributed by atoms with E-state index in [2.05, 4.69) is 4.98 Å². The molecule has 0 atom stereocenters. The second-order valence-corrected chi connectivity index (χ2v) is 7.74. The molecule has 3 heterocycles. The number of nitrogens with two attached hydrogens (primary N) is 1. The van der Waals surface area contributed by atoms with Crippen molar-refractivity contribution < 1.29 is 13.6 Å². The maximum absolute atomic E-state index is 13.6. The van der Waals surface area contributed by atoms with Gasteiger partial charge in [0.05, 0.1) is 12.0 Å². The van der Waals surface area contributed by atoms with Gasteiger partial charge in [0.1, 0.15) is 11.4 Å². The number of carbonyl (C=O) groups excluding carboxylic acids is 1. The van der Waals surface area contributed by atoms with E-state index in [0.29, 0.717) is 23.6 Å². The second kappa shape index (κ2) is 7.15. The van der Waals surface area contributed by atoms with Crippen molar-refractivity contribution in [2.75, 3.05) is 17.2 Å². The molecule has 2 aromatic heterocycles. The normalized spacial score (nSPS) is 13.1. The first kappa shape index (κ1) is 18.6. The Kier molecular flexibility index (Phi) is 4.44. The Morgan fingerprint density at radius 3 is 2.93 bits per heavy atom. The number of hydrogen-bond acceptors (Lipinski definition) is 4. The van der Waals surface area contributed by atoms with Gasteiger partial charge < -0.3 is 15.1 Å². The number of rotatable bonds is 3. The van der Waals surface area contributed by atoms with Crippen LogP contribution >= 0.6 is 11.6 Å². The number of nitrogen functional groups attached to an aromatic ring is 1. The average molecular weight is 422 g/mol. The minimum Gasteiger partial charge on any atom is -0.440 e. The molecule has 0 unspecified atom stereocenters. The van der Waals surface area contributed by atoms with Crippen molar-refractivity contribution >= 4 is 40.0 Å². The van der Waals surface area contributed by atoms with E-state index in [9.17, 15) is 9.18 Å². The summed E-state index contributed by atoms with van der Waals surface area (Å²) in [5.74, 6) is -0.205. The number of hydrogen-bond donors (Lipinski definition) is 1. The Morgan fingerprint density at radius 2 is 2.10 bits per heavy atom. The Morgan fingerprint density at radius 1 is 1.23 bits per heavy atom. The molecule has 2 aromatic carbocycles. The van der Waals surface area contributed by atoms with E-state index in [1.807, 2.05) is 18.2 Å². The molecular weight excluding hydrogens is 405 g/mol. The van der Waals surface area contributed by atoms with Crippen LogP contribution in [0.3, 0.4) is 0 Å². The number of pyridine rings is 1. The van der Waals surface area contributed by atoms with Crippen LogP contribution in [0, 0.1) is 5.82 Å². The highest BCUT2D eigenvalue weighted by molar-refractivity contribution is 6.30. The van der Waals surface area contributed by atoms with Crippen molar-refractivity contribution in [2.24, 2.45) is 0 Å². The van der Waals surface area contributed by atoms with Crippen LogP contribution in [0.4, 0.5) is 16.0 Å². The van der Waals surface area contributed by atoms with E-state index < -0.39 is 5.82 Å². The Labute approximate surface area is 176 Å². The molecule has 5 rings (SSSR count). The van der Waals surface area contributed by atoms with E-state index in [0.717, 1.165) is 34.2 Å². The summed E-state index contributed by atoms with van der Waals surface area (Å²) in [4.78, 5) is 18.8. The predicted octanol–water partition coefficient (Wildman–Crippen LogP) is 5.00. The van der Waals surface area contributed by atoms with Crippen molar-refractivity contribution in [2.45, 2.75) is 12.8 Å². The Hall–Kier alpha value is -3.38. The summed E-state index contributed by atoms with van der Waals surface area (Å²) in [6.45, 7) is 0.573. The van der Waals surface area contributed by atoms with Gasteiger partial charge in [0.2, 0.25) is 5.91 Å². The van der Waals surface area contributed by atoms with E-state index in [4.69, 9.17) is 21.8 Å². The monoisotopic (exact) mass is 421 g/mol. The van der Waals surface area contributed by atoms with Crippen LogP contribution in [0.5, 0.6) is 0 Å². The van der Waals surface area contributed by atoms with E-state index in [1.54, 1.807) is 29.4 Å². The van der Waals surface area contributed by atoms with Gasteiger partial charge in [0.15, 0.2) is 5.88 Å². The van der Waals surface area contributed by atoms with Crippen molar-refractivity contribution in [1.29, 1.82) is 0 Å². The van der Waals surface area contributed by atoms with Crippen LogP contribution in [0.2, 0.25) is 5.02 Å². The highest BCUT2D eigenvalue weighted by Gasteiger charge is 2.26. The molecule has 1 aliphatic heterocycles. The third kappa shape index (κ3) is 3.19. The lowest BCUT2D eigenvalue weighted by molar-refractivity contribution is -0.117. The summed E-state index contributed by atoms with van der Waals surface area (Å²) in [7, 11) is 0. The summed E-state index contributed by atoms with van der Waals surface area (Å²) in [6, 6.07) is 11.8. The number of anilines is 2.